The molecule has 4 heteroatoms. The van der Waals surface area contributed by atoms with Gasteiger partial charge in [0.2, 0.25) is 0 Å². The molecule has 1 aromatic carbocycles. The van der Waals surface area contributed by atoms with Gasteiger partial charge in [0.1, 0.15) is 0 Å². The molecule has 0 saturated heterocycles. The first kappa shape index (κ1) is 14.0. The van der Waals surface area contributed by atoms with Crippen molar-refractivity contribution >= 4 is 42.9 Å². The van der Waals surface area contributed by atoms with E-state index < -0.39 is 13.8 Å². The molecule has 0 saturated carbocycles. The zero-order chi connectivity index (χ0) is 11.3. The van der Waals surface area contributed by atoms with Crippen molar-refractivity contribution < 1.29 is 5.11 Å². The number of unbranched alkanes of at least 4 members (excludes halogenated alkanes) is 1. The zero-order valence-corrected chi connectivity index (χ0v) is 14.3. The van der Waals surface area contributed by atoms with Gasteiger partial charge in [-0.2, -0.15) is 0 Å². The molecule has 1 aromatic rings. The maximum absolute atomic E-state index is 9.30. The van der Waals surface area contributed by atoms with E-state index in [0.29, 0.717) is 0 Å². The Morgan fingerprint density at radius 3 is 2.53 bits per heavy atom. The van der Waals surface area contributed by atoms with E-state index in [-0.39, 0.29) is 6.61 Å². The monoisotopic (exact) mass is 452 g/mol. The van der Waals surface area contributed by atoms with E-state index in [9.17, 15) is 5.11 Å². The third kappa shape index (κ3) is 4.02. The summed E-state index contributed by atoms with van der Waals surface area (Å²) in [6.07, 6.45) is 2.45. The van der Waals surface area contributed by atoms with Gasteiger partial charge in [0.05, 0.1) is 0 Å². The van der Waals surface area contributed by atoms with Gasteiger partial charge < -0.3 is 0 Å². The molecule has 1 nitrogen and oxygen atoms in total. The summed E-state index contributed by atoms with van der Waals surface area (Å²) in [5.74, 6) is 0. The van der Waals surface area contributed by atoms with Crippen LogP contribution in [0.4, 0.5) is 0 Å². The Morgan fingerprint density at radius 1 is 1.27 bits per heavy atom. The number of rotatable bonds is 5. The zero-order valence-electron chi connectivity index (χ0n) is 8.75. The number of hydrogen-bond donors (Lipinski definition) is 1. The van der Waals surface area contributed by atoms with Crippen LogP contribution in [0.15, 0.2) is 24.3 Å². The Hall–Kier alpha value is 0.930. The molecule has 15 heavy (non-hydrogen) atoms. The van der Waals surface area contributed by atoms with Crippen LogP contribution in [-0.2, 0) is 6.61 Å². The number of benzene rings is 1. The summed E-state index contributed by atoms with van der Waals surface area (Å²) in [6, 6.07) is 8.16. The molecule has 0 radical (unpaired) electrons. The molecule has 0 aliphatic heterocycles. The number of hydrogen-bond acceptors (Lipinski definition) is 1. The van der Waals surface area contributed by atoms with Crippen LogP contribution in [0.3, 0.4) is 0 Å². The van der Waals surface area contributed by atoms with Gasteiger partial charge in [-0.05, 0) is 0 Å². The van der Waals surface area contributed by atoms with Crippen molar-refractivity contribution in [1.29, 1.82) is 0 Å². The van der Waals surface area contributed by atoms with E-state index in [1.165, 1.54) is 20.9 Å². The van der Waals surface area contributed by atoms with Crippen LogP contribution in [0.5, 0.6) is 0 Å². The maximum atomic E-state index is 9.30. The predicted molar refractivity (Wildman–Crippen MR) is 75.3 cm³/mol. The molecule has 1 N–H and O–H groups in total. The summed E-state index contributed by atoms with van der Waals surface area (Å²) in [7, 11) is 0. The first-order valence-electron chi connectivity index (χ1n) is 5.01. The Bertz CT molecular complexity index is 315. The Labute approximate surface area is 108 Å². The fourth-order valence-corrected chi connectivity index (χ4v) is 13.4. The van der Waals surface area contributed by atoms with Crippen molar-refractivity contribution in [3.05, 3.63) is 29.8 Å². The molecule has 86 valence electrons. The fraction of sp³-hybridized carbons (Fsp3) is 0.455. The van der Waals surface area contributed by atoms with E-state index in [1.54, 1.807) is 0 Å². The van der Waals surface area contributed by atoms with Crippen molar-refractivity contribution in [2.75, 3.05) is 0 Å². The first-order valence-corrected chi connectivity index (χ1v) is 18.3. The summed E-state index contributed by atoms with van der Waals surface area (Å²) in [5.41, 5.74) is 1.06. The molecule has 0 amide bonds. The molecule has 0 heterocycles. The van der Waals surface area contributed by atoms with E-state index in [1.807, 2.05) is 18.2 Å². The molecule has 0 aliphatic carbocycles. The van der Waals surface area contributed by atoms with Crippen molar-refractivity contribution in [2.24, 2.45) is 0 Å². The van der Waals surface area contributed by atoms with Gasteiger partial charge in [0.15, 0.2) is 0 Å². The van der Waals surface area contributed by atoms with Crippen LogP contribution < -0.4 is 3.61 Å². The topological polar surface area (TPSA) is 20.2 Å². The molecule has 0 aliphatic rings. The van der Waals surface area contributed by atoms with E-state index in [4.69, 9.17) is 0 Å². The second kappa shape index (κ2) is 6.61. The molecule has 0 unspecified atom stereocenters. The van der Waals surface area contributed by atoms with Crippen LogP contribution >= 0.6 is 25.5 Å². The molecular formula is C11H16Br2OTe. The van der Waals surface area contributed by atoms with Gasteiger partial charge in [0.25, 0.3) is 0 Å². The second-order valence-corrected chi connectivity index (χ2v) is 29.8. The quantitative estimate of drug-likeness (QED) is 0.681. The van der Waals surface area contributed by atoms with Crippen molar-refractivity contribution in [2.45, 2.75) is 30.8 Å². The molecule has 1 rings (SSSR count). The number of aliphatic hydroxyl groups excluding tert-OH is 1. The molecule has 0 spiro atoms. The van der Waals surface area contributed by atoms with E-state index in [2.05, 4.69) is 38.5 Å². The first-order chi connectivity index (χ1) is 7.11. The molecular weight excluding hydrogens is 436 g/mol. The predicted octanol–water partition coefficient (Wildman–Crippen LogP) is 3.42. The molecule has 0 bridgehead atoms. The van der Waals surface area contributed by atoms with Crippen LogP contribution in [0.25, 0.3) is 0 Å². The van der Waals surface area contributed by atoms with Gasteiger partial charge in [-0.25, -0.2) is 0 Å². The average Bonchev–Trinajstić information content (AvgIpc) is 2.26. The molecule has 0 aromatic heterocycles. The SMILES string of the molecule is CCCC[Te](Br)(Br)c1ccccc1CO. The number of halogens is 2. The van der Waals surface area contributed by atoms with Gasteiger partial charge in [-0.15, -0.1) is 0 Å². The van der Waals surface area contributed by atoms with Crippen molar-refractivity contribution in [1.82, 2.24) is 0 Å². The molecule has 0 atom stereocenters. The minimum absolute atomic E-state index is 0.132. The minimum atomic E-state index is -2.25. The average molecular weight is 452 g/mol. The van der Waals surface area contributed by atoms with E-state index in [0.717, 1.165) is 5.56 Å². The summed E-state index contributed by atoms with van der Waals surface area (Å²) < 4.78 is 2.52. The summed E-state index contributed by atoms with van der Waals surface area (Å²) in [6.45, 7) is 2.34. The van der Waals surface area contributed by atoms with Crippen LogP contribution in [-0.4, -0.2) is 18.9 Å². The summed E-state index contributed by atoms with van der Waals surface area (Å²) >= 11 is 5.50. The fourth-order valence-electron chi connectivity index (χ4n) is 1.36. The van der Waals surface area contributed by atoms with Crippen molar-refractivity contribution in [3.63, 3.8) is 0 Å². The normalized spacial score (nSPS) is 12.8. The van der Waals surface area contributed by atoms with Crippen LogP contribution in [0.1, 0.15) is 25.3 Å². The van der Waals surface area contributed by atoms with E-state index >= 15 is 0 Å². The third-order valence-electron chi connectivity index (χ3n) is 2.22. The Kier molecular flexibility index (Phi) is 6.17. The Balaban J connectivity index is 2.92. The van der Waals surface area contributed by atoms with Crippen LogP contribution in [0.2, 0.25) is 4.47 Å². The standard InChI is InChI=1S/C11H16Br2OTe/c1-2-3-8-15(12,13)11-7-5-4-6-10(11)9-14/h4-7,14H,2-3,8-9H2,1H3. The summed E-state index contributed by atoms with van der Waals surface area (Å²) in [4.78, 5) is 0. The van der Waals surface area contributed by atoms with Gasteiger partial charge >= 0.3 is 109 Å². The van der Waals surface area contributed by atoms with Gasteiger partial charge in [-0.1, -0.05) is 0 Å². The van der Waals surface area contributed by atoms with Crippen molar-refractivity contribution in [3.8, 4) is 0 Å². The summed E-state index contributed by atoms with van der Waals surface area (Å²) in [5, 5.41) is 9.30. The second-order valence-electron chi connectivity index (χ2n) is 3.40. The van der Waals surface area contributed by atoms with Gasteiger partial charge in [-0.3, -0.25) is 0 Å². The Morgan fingerprint density at radius 2 is 1.93 bits per heavy atom. The number of aliphatic hydroxyl groups is 1. The van der Waals surface area contributed by atoms with Gasteiger partial charge in [0, 0.05) is 0 Å². The third-order valence-corrected chi connectivity index (χ3v) is 16.5. The van der Waals surface area contributed by atoms with Crippen LogP contribution in [0, 0.1) is 0 Å². The molecule has 0 fully saturated rings.